The molecule has 30 heavy (non-hydrogen) atoms. The molecular weight excluding hydrogens is 398 g/mol. The Hall–Kier alpha value is -2.87. The van der Waals surface area contributed by atoms with Gasteiger partial charge in [0.1, 0.15) is 0 Å². The van der Waals surface area contributed by atoms with Crippen molar-refractivity contribution in [2.45, 2.75) is 26.4 Å². The average molecular weight is 428 g/mol. The highest BCUT2D eigenvalue weighted by atomic mass is 32.1. The third-order valence-corrected chi connectivity index (χ3v) is 5.96. The van der Waals surface area contributed by atoms with Crippen molar-refractivity contribution in [3.63, 3.8) is 0 Å². The van der Waals surface area contributed by atoms with Crippen LogP contribution in [0.25, 0.3) is 0 Å². The number of carbonyl (C=O) groups is 2. The van der Waals surface area contributed by atoms with Gasteiger partial charge in [-0.05, 0) is 48.1 Å². The molecule has 1 aromatic heterocycles. The highest BCUT2D eigenvalue weighted by molar-refractivity contribution is 7.10. The molecule has 3 rings (SSSR count). The fourth-order valence-corrected chi connectivity index (χ4v) is 4.15. The van der Waals surface area contributed by atoms with Crippen molar-refractivity contribution >= 4 is 29.1 Å². The van der Waals surface area contributed by atoms with Crippen LogP contribution in [0.3, 0.4) is 0 Å². The van der Waals surface area contributed by atoms with Gasteiger partial charge in [0.05, 0.1) is 13.1 Å². The first kappa shape index (κ1) is 21.8. The van der Waals surface area contributed by atoms with Crippen molar-refractivity contribution in [3.05, 3.63) is 57.3 Å². The minimum absolute atomic E-state index is 0.0224. The minimum atomic E-state index is -0.0224. The number of carbonyl (C=O) groups excluding carboxylic acids is 2. The topological polar surface area (TPSA) is 77.0 Å². The molecule has 2 heterocycles. The number of hydrogen-bond donors (Lipinski definition) is 2. The zero-order valence-corrected chi connectivity index (χ0v) is 18.6. The van der Waals surface area contributed by atoms with Gasteiger partial charge in [-0.1, -0.05) is 12.1 Å². The number of guanidine groups is 1. The van der Waals surface area contributed by atoms with Crippen LogP contribution in [0.15, 0.2) is 40.7 Å². The fourth-order valence-electron chi connectivity index (χ4n) is 3.26. The lowest BCUT2D eigenvalue weighted by Crippen LogP contribution is -2.45. The number of aliphatic imine (C=N–C) groups is 1. The van der Waals surface area contributed by atoms with Crippen LogP contribution in [-0.2, 0) is 24.3 Å². The standard InChI is InChI=1S/C22H29N5O2S/c1-4-23-22(24-13-16-5-7-17(8-6-16)21(29)26(2)3)25-14-20(28)27-11-9-19-18(15-27)10-12-30-19/h5-8,10,12H,4,9,11,13-15H2,1-3H3,(H2,23,24,25). The molecule has 2 N–H and O–H groups in total. The highest BCUT2D eigenvalue weighted by Crippen LogP contribution is 2.23. The number of nitrogens with zero attached hydrogens (tertiary/aromatic N) is 3. The van der Waals surface area contributed by atoms with Crippen LogP contribution in [-0.4, -0.2) is 61.3 Å². The van der Waals surface area contributed by atoms with Crippen LogP contribution < -0.4 is 10.6 Å². The summed E-state index contributed by atoms with van der Waals surface area (Å²) in [6.45, 7) is 4.82. The summed E-state index contributed by atoms with van der Waals surface area (Å²) >= 11 is 1.77. The highest BCUT2D eigenvalue weighted by Gasteiger charge is 2.21. The van der Waals surface area contributed by atoms with Gasteiger partial charge in [-0.15, -0.1) is 11.3 Å². The summed E-state index contributed by atoms with van der Waals surface area (Å²) < 4.78 is 0. The van der Waals surface area contributed by atoms with Crippen LogP contribution in [0, 0.1) is 0 Å². The van der Waals surface area contributed by atoms with E-state index < -0.39 is 0 Å². The molecule has 0 atom stereocenters. The predicted octanol–water partition coefficient (Wildman–Crippen LogP) is 2.09. The van der Waals surface area contributed by atoms with Gasteiger partial charge in [-0.2, -0.15) is 0 Å². The second-order valence-corrected chi connectivity index (χ2v) is 8.38. The summed E-state index contributed by atoms with van der Waals surface area (Å²) in [5.74, 6) is 0.655. The van der Waals surface area contributed by atoms with Gasteiger partial charge in [-0.3, -0.25) is 9.59 Å². The molecule has 2 aromatic rings. The van der Waals surface area contributed by atoms with E-state index in [-0.39, 0.29) is 18.4 Å². The molecular formula is C22H29N5O2S. The van der Waals surface area contributed by atoms with E-state index >= 15 is 0 Å². The zero-order chi connectivity index (χ0) is 21.5. The molecule has 8 heteroatoms. The quantitative estimate of drug-likeness (QED) is 0.547. The molecule has 0 saturated heterocycles. The summed E-state index contributed by atoms with van der Waals surface area (Å²) in [4.78, 5) is 34.0. The Morgan fingerprint density at radius 1 is 1.17 bits per heavy atom. The molecule has 160 valence electrons. The molecule has 0 saturated carbocycles. The molecule has 0 bridgehead atoms. The monoisotopic (exact) mass is 427 g/mol. The largest absolute Gasteiger partial charge is 0.357 e. The number of benzene rings is 1. The van der Waals surface area contributed by atoms with Crippen LogP contribution in [0.1, 0.15) is 33.3 Å². The minimum Gasteiger partial charge on any atom is -0.357 e. The predicted molar refractivity (Wildman–Crippen MR) is 121 cm³/mol. The summed E-state index contributed by atoms with van der Waals surface area (Å²) in [6, 6.07) is 9.54. The lowest BCUT2D eigenvalue weighted by Gasteiger charge is -2.27. The maximum absolute atomic E-state index is 12.6. The molecule has 2 amide bonds. The van der Waals surface area contributed by atoms with E-state index in [9.17, 15) is 9.59 Å². The zero-order valence-electron chi connectivity index (χ0n) is 17.8. The first-order valence-electron chi connectivity index (χ1n) is 10.1. The Labute approximate surface area is 181 Å². The summed E-state index contributed by atoms with van der Waals surface area (Å²) in [5, 5.41) is 8.41. The Kier molecular flexibility index (Phi) is 7.46. The second kappa shape index (κ2) is 10.2. The molecule has 0 unspecified atom stereocenters. The van der Waals surface area contributed by atoms with Gasteiger partial charge >= 0.3 is 0 Å². The van der Waals surface area contributed by atoms with Crippen molar-refractivity contribution in [2.75, 3.05) is 33.7 Å². The van der Waals surface area contributed by atoms with Crippen molar-refractivity contribution in [1.82, 2.24) is 20.4 Å². The second-order valence-electron chi connectivity index (χ2n) is 7.38. The van der Waals surface area contributed by atoms with Gasteiger partial charge in [0, 0.05) is 44.2 Å². The molecule has 7 nitrogen and oxygen atoms in total. The smallest absolute Gasteiger partial charge is 0.253 e. The van der Waals surface area contributed by atoms with Gasteiger partial charge in [-0.25, -0.2) is 4.99 Å². The van der Waals surface area contributed by atoms with Crippen LogP contribution in [0.5, 0.6) is 0 Å². The van der Waals surface area contributed by atoms with E-state index in [1.54, 1.807) is 30.3 Å². The van der Waals surface area contributed by atoms with E-state index in [4.69, 9.17) is 0 Å². The first-order chi connectivity index (χ1) is 14.5. The molecule has 0 spiro atoms. The van der Waals surface area contributed by atoms with Crippen LogP contribution in [0.4, 0.5) is 0 Å². The fraction of sp³-hybridized carbons (Fsp3) is 0.409. The summed E-state index contributed by atoms with van der Waals surface area (Å²) in [6.07, 6.45) is 0.930. The maximum Gasteiger partial charge on any atom is 0.253 e. The Balaban J connectivity index is 1.54. The number of rotatable bonds is 6. The Morgan fingerprint density at radius 3 is 2.63 bits per heavy atom. The number of thiophene rings is 1. The Bertz CT molecular complexity index is 905. The van der Waals surface area contributed by atoms with Crippen molar-refractivity contribution in [3.8, 4) is 0 Å². The number of hydrogen-bond acceptors (Lipinski definition) is 4. The molecule has 0 aliphatic carbocycles. The maximum atomic E-state index is 12.6. The summed E-state index contributed by atoms with van der Waals surface area (Å²) in [5.41, 5.74) is 2.91. The van der Waals surface area contributed by atoms with E-state index in [1.165, 1.54) is 10.4 Å². The Morgan fingerprint density at radius 2 is 1.93 bits per heavy atom. The van der Waals surface area contributed by atoms with Gasteiger partial charge < -0.3 is 20.4 Å². The third-order valence-electron chi connectivity index (χ3n) is 4.94. The molecule has 0 fully saturated rings. The molecule has 0 radical (unpaired) electrons. The first-order valence-corrected chi connectivity index (χ1v) is 11.0. The molecule has 1 aliphatic heterocycles. The van der Waals surface area contributed by atoms with E-state index in [0.29, 0.717) is 31.2 Å². The van der Waals surface area contributed by atoms with Crippen molar-refractivity contribution in [1.29, 1.82) is 0 Å². The van der Waals surface area contributed by atoms with Crippen LogP contribution in [0.2, 0.25) is 0 Å². The lowest BCUT2D eigenvalue weighted by atomic mass is 10.1. The third kappa shape index (κ3) is 5.60. The number of nitrogens with one attached hydrogen (secondary N) is 2. The number of amides is 2. The SMILES string of the molecule is CCNC(=NCc1ccc(C(=O)N(C)C)cc1)NCC(=O)N1CCc2sccc2C1. The number of fused-ring (bicyclic) bond motifs is 1. The van der Waals surface area contributed by atoms with Gasteiger partial charge in [0.15, 0.2) is 5.96 Å². The van der Waals surface area contributed by atoms with Crippen LogP contribution >= 0.6 is 11.3 Å². The van der Waals surface area contributed by atoms with Gasteiger partial charge in [0.25, 0.3) is 5.91 Å². The van der Waals surface area contributed by atoms with Gasteiger partial charge in [0.2, 0.25) is 5.91 Å². The molecule has 1 aliphatic rings. The normalized spacial score (nSPS) is 13.6. The lowest BCUT2D eigenvalue weighted by molar-refractivity contribution is -0.130. The average Bonchev–Trinajstić information content (AvgIpc) is 3.23. The van der Waals surface area contributed by atoms with E-state index in [2.05, 4.69) is 27.1 Å². The molecule has 1 aromatic carbocycles. The summed E-state index contributed by atoms with van der Waals surface area (Å²) in [7, 11) is 3.47. The van der Waals surface area contributed by atoms with Crippen molar-refractivity contribution < 1.29 is 9.59 Å². The van der Waals surface area contributed by atoms with E-state index in [1.807, 2.05) is 36.1 Å². The van der Waals surface area contributed by atoms with Crippen molar-refractivity contribution in [2.24, 2.45) is 4.99 Å². The van der Waals surface area contributed by atoms with E-state index in [0.717, 1.165) is 18.5 Å².